The zero-order valence-corrected chi connectivity index (χ0v) is 16.4. The van der Waals surface area contributed by atoms with Crippen LogP contribution in [0.25, 0.3) is 0 Å². The Balaban J connectivity index is 1.63. The molecule has 0 bridgehead atoms. The molecule has 1 unspecified atom stereocenters. The summed E-state index contributed by atoms with van der Waals surface area (Å²) in [6.07, 6.45) is 2.40. The molecule has 1 aliphatic rings. The van der Waals surface area contributed by atoms with Crippen molar-refractivity contribution < 1.29 is 14.4 Å². The summed E-state index contributed by atoms with van der Waals surface area (Å²) >= 11 is 11.8. The molecule has 146 valence electrons. The number of amides is 3. The molecule has 1 aliphatic heterocycles. The van der Waals surface area contributed by atoms with Crippen LogP contribution in [0.2, 0.25) is 10.0 Å². The van der Waals surface area contributed by atoms with Gasteiger partial charge in [-0.3, -0.25) is 14.4 Å². The molecule has 0 spiro atoms. The van der Waals surface area contributed by atoms with Gasteiger partial charge >= 0.3 is 0 Å². The number of halogens is 2. The standard InChI is InChI=1S/C20H19Cl2N3O3/c21-14-9-13(10-15(22)11-14)19(27)24-16-6-4-12(5-7-16)18(26)25-17-3-1-2-8-23-20(17)28/h4-7,9-11,17H,1-3,8H2,(H,23,28)(H,24,27)(H,25,26). The largest absolute Gasteiger partial charge is 0.354 e. The highest BCUT2D eigenvalue weighted by atomic mass is 35.5. The van der Waals surface area contributed by atoms with Gasteiger partial charge < -0.3 is 16.0 Å². The minimum Gasteiger partial charge on any atom is -0.354 e. The van der Waals surface area contributed by atoms with Gasteiger partial charge in [-0.15, -0.1) is 0 Å². The number of anilines is 1. The van der Waals surface area contributed by atoms with E-state index in [2.05, 4.69) is 16.0 Å². The number of rotatable bonds is 4. The molecule has 1 atom stereocenters. The van der Waals surface area contributed by atoms with Crippen LogP contribution in [0.3, 0.4) is 0 Å². The van der Waals surface area contributed by atoms with E-state index in [0.29, 0.717) is 39.8 Å². The smallest absolute Gasteiger partial charge is 0.255 e. The van der Waals surface area contributed by atoms with Crippen molar-refractivity contribution in [2.75, 3.05) is 11.9 Å². The molecule has 0 aromatic heterocycles. The van der Waals surface area contributed by atoms with E-state index in [1.165, 1.54) is 12.1 Å². The average molecular weight is 420 g/mol. The van der Waals surface area contributed by atoms with Gasteiger partial charge in [-0.25, -0.2) is 0 Å². The highest BCUT2D eigenvalue weighted by Crippen LogP contribution is 2.20. The zero-order chi connectivity index (χ0) is 20.1. The van der Waals surface area contributed by atoms with E-state index in [1.54, 1.807) is 30.3 Å². The van der Waals surface area contributed by atoms with Gasteiger partial charge in [-0.1, -0.05) is 23.2 Å². The first-order valence-corrected chi connectivity index (χ1v) is 9.64. The monoisotopic (exact) mass is 419 g/mol. The normalized spacial score (nSPS) is 16.6. The maximum atomic E-state index is 12.4. The Kier molecular flexibility index (Phi) is 6.54. The van der Waals surface area contributed by atoms with Crippen LogP contribution in [0.4, 0.5) is 5.69 Å². The first-order chi connectivity index (χ1) is 13.4. The van der Waals surface area contributed by atoms with Crippen LogP contribution in [0.15, 0.2) is 42.5 Å². The van der Waals surface area contributed by atoms with Crippen molar-refractivity contribution in [3.63, 3.8) is 0 Å². The van der Waals surface area contributed by atoms with E-state index in [4.69, 9.17) is 23.2 Å². The lowest BCUT2D eigenvalue weighted by Crippen LogP contribution is -2.45. The third kappa shape index (κ3) is 5.24. The van der Waals surface area contributed by atoms with Crippen molar-refractivity contribution in [3.05, 3.63) is 63.6 Å². The fraction of sp³-hybridized carbons (Fsp3) is 0.250. The lowest BCUT2D eigenvalue weighted by molar-refractivity contribution is -0.122. The lowest BCUT2D eigenvalue weighted by atomic mass is 10.1. The van der Waals surface area contributed by atoms with Gasteiger partial charge in [0.15, 0.2) is 0 Å². The van der Waals surface area contributed by atoms with Crippen molar-refractivity contribution in [2.45, 2.75) is 25.3 Å². The van der Waals surface area contributed by atoms with Gasteiger partial charge in [0.25, 0.3) is 11.8 Å². The minimum absolute atomic E-state index is 0.157. The number of nitrogens with one attached hydrogen (secondary N) is 3. The second kappa shape index (κ2) is 9.08. The van der Waals surface area contributed by atoms with Gasteiger partial charge in [0.2, 0.25) is 5.91 Å². The Bertz CT molecular complexity index is 880. The van der Waals surface area contributed by atoms with Crippen LogP contribution in [0.5, 0.6) is 0 Å². The predicted molar refractivity (Wildman–Crippen MR) is 109 cm³/mol. The molecule has 2 aromatic carbocycles. The predicted octanol–water partition coefficient (Wildman–Crippen LogP) is 3.64. The molecular formula is C20H19Cl2N3O3. The molecule has 3 amide bonds. The van der Waals surface area contributed by atoms with Gasteiger partial charge in [0.05, 0.1) is 0 Å². The van der Waals surface area contributed by atoms with Crippen LogP contribution in [-0.2, 0) is 4.79 Å². The molecule has 1 heterocycles. The maximum Gasteiger partial charge on any atom is 0.255 e. The molecule has 8 heteroatoms. The van der Waals surface area contributed by atoms with Crippen molar-refractivity contribution in [2.24, 2.45) is 0 Å². The van der Waals surface area contributed by atoms with Gasteiger partial charge in [0.1, 0.15) is 6.04 Å². The number of carbonyl (C=O) groups excluding carboxylic acids is 3. The molecule has 1 fully saturated rings. The fourth-order valence-electron chi connectivity index (χ4n) is 2.91. The number of hydrogen-bond donors (Lipinski definition) is 3. The van der Waals surface area contributed by atoms with Gasteiger partial charge in [0, 0.05) is 33.4 Å². The first-order valence-electron chi connectivity index (χ1n) is 8.88. The quantitative estimate of drug-likeness (QED) is 0.706. The van der Waals surface area contributed by atoms with Crippen LogP contribution < -0.4 is 16.0 Å². The Labute approximate surface area is 172 Å². The van der Waals surface area contributed by atoms with Crippen LogP contribution >= 0.6 is 23.2 Å². The van der Waals surface area contributed by atoms with E-state index in [-0.39, 0.29) is 17.7 Å². The van der Waals surface area contributed by atoms with Crippen LogP contribution in [0.1, 0.15) is 40.0 Å². The molecule has 28 heavy (non-hydrogen) atoms. The van der Waals surface area contributed by atoms with Crippen LogP contribution in [0, 0.1) is 0 Å². The average Bonchev–Trinajstić information content (AvgIpc) is 2.86. The third-order valence-electron chi connectivity index (χ3n) is 4.37. The van der Waals surface area contributed by atoms with E-state index in [0.717, 1.165) is 12.8 Å². The van der Waals surface area contributed by atoms with Crippen molar-refractivity contribution in [1.82, 2.24) is 10.6 Å². The number of carbonyl (C=O) groups is 3. The minimum atomic E-state index is -0.526. The Morgan fingerprint density at radius 2 is 1.61 bits per heavy atom. The highest BCUT2D eigenvalue weighted by Gasteiger charge is 2.22. The molecule has 3 N–H and O–H groups in total. The summed E-state index contributed by atoms with van der Waals surface area (Å²) in [6.45, 7) is 0.636. The fourth-order valence-corrected chi connectivity index (χ4v) is 3.44. The van der Waals surface area contributed by atoms with Crippen molar-refractivity contribution in [1.29, 1.82) is 0 Å². The maximum absolute atomic E-state index is 12.4. The van der Waals surface area contributed by atoms with E-state index >= 15 is 0 Å². The Morgan fingerprint density at radius 3 is 2.29 bits per heavy atom. The molecule has 6 nitrogen and oxygen atoms in total. The zero-order valence-electron chi connectivity index (χ0n) is 14.9. The molecule has 3 rings (SSSR count). The molecule has 0 aliphatic carbocycles. The summed E-state index contributed by atoms with van der Waals surface area (Å²) < 4.78 is 0. The van der Waals surface area contributed by atoms with E-state index in [1.807, 2.05) is 0 Å². The highest BCUT2D eigenvalue weighted by molar-refractivity contribution is 6.35. The summed E-state index contributed by atoms with van der Waals surface area (Å²) in [5.74, 6) is -0.854. The first kappa shape index (κ1) is 20.2. The van der Waals surface area contributed by atoms with E-state index in [9.17, 15) is 14.4 Å². The lowest BCUT2D eigenvalue weighted by Gasteiger charge is -2.15. The van der Waals surface area contributed by atoms with Gasteiger partial charge in [-0.05, 0) is 61.7 Å². The molecular weight excluding hydrogens is 401 g/mol. The molecule has 2 aromatic rings. The van der Waals surface area contributed by atoms with Crippen molar-refractivity contribution in [3.8, 4) is 0 Å². The second-order valence-electron chi connectivity index (χ2n) is 6.50. The second-order valence-corrected chi connectivity index (χ2v) is 7.38. The van der Waals surface area contributed by atoms with E-state index < -0.39 is 6.04 Å². The molecule has 1 saturated heterocycles. The Morgan fingerprint density at radius 1 is 0.929 bits per heavy atom. The molecule has 0 saturated carbocycles. The van der Waals surface area contributed by atoms with Gasteiger partial charge in [-0.2, -0.15) is 0 Å². The summed E-state index contributed by atoms with van der Waals surface area (Å²) in [6, 6.07) is 10.5. The SMILES string of the molecule is O=C(Nc1ccc(C(=O)NC2CCCCNC2=O)cc1)c1cc(Cl)cc(Cl)c1. The topological polar surface area (TPSA) is 87.3 Å². The molecule has 0 radical (unpaired) electrons. The summed E-state index contributed by atoms with van der Waals surface area (Å²) in [4.78, 5) is 36.7. The summed E-state index contributed by atoms with van der Waals surface area (Å²) in [5, 5.41) is 9.00. The summed E-state index contributed by atoms with van der Waals surface area (Å²) in [7, 11) is 0. The Hall–Kier alpha value is -2.57. The third-order valence-corrected chi connectivity index (χ3v) is 4.81. The number of hydrogen-bond acceptors (Lipinski definition) is 3. The van der Waals surface area contributed by atoms with Crippen molar-refractivity contribution >= 4 is 46.6 Å². The van der Waals surface area contributed by atoms with Crippen LogP contribution in [-0.4, -0.2) is 30.3 Å². The number of benzene rings is 2. The summed E-state index contributed by atoms with van der Waals surface area (Å²) in [5.41, 5.74) is 1.25.